The lowest BCUT2D eigenvalue weighted by atomic mass is 10.2. The van der Waals surface area contributed by atoms with Gasteiger partial charge in [-0.25, -0.2) is 22.0 Å². The molecule has 0 bridgehead atoms. The van der Waals surface area contributed by atoms with Gasteiger partial charge in [-0.1, -0.05) is 0 Å². The highest BCUT2D eigenvalue weighted by Gasteiger charge is 2.25. The number of hydrogen-bond acceptors (Lipinski definition) is 4. The van der Waals surface area contributed by atoms with Gasteiger partial charge in [-0.05, 0) is 12.1 Å². The van der Waals surface area contributed by atoms with E-state index in [0.717, 1.165) is 6.21 Å². The monoisotopic (exact) mass is 346 g/mol. The molecule has 1 N–H and O–H groups in total. The molecule has 0 fully saturated rings. The van der Waals surface area contributed by atoms with Crippen molar-refractivity contribution in [3.05, 3.63) is 52.8 Å². The molecule has 4 nitrogen and oxygen atoms in total. The minimum Gasteiger partial charge on any atom is -0.497 e. The fourth-order valence-corrected chi connectivity index (χ4v) is 1.79. The van der Waals surface area contributed by atoms with E-state index in [1.807, 2.05) is 0 Å². The molecule has 2 aromatic rings. The van der Waals surface area contributed by atoms with E-state index in [4.69, 9.17) is 9.47 Å². The summed E-state index contributed by atoms with van der Waals surface area (Å²) in [5.74, 6) is -9.55. The number of nitrogens with one attached hydrogen (secondary N) is 1. The fourth-order valence-electron chi connectivity index (χ4n) is 1.79. The number of rotatable bonds is 5. The summed E-state index contributed by atoms with van der Waals surface area (Å²) >= 11 is 0. The molecule has 0 aliphatic rings. The van der Waals surface area contributed by atoms with E-state index in [-0.39, 0.29) is 0 Å². The molecule has 0 spiro atoms. The van der Waals surface area contributed by atoms with Crippen LogP contribution in [0.15, 0.2) is 23.3 Å². The molecule has 0 saturated heterocycles. The lowest BCUT2D eigenvalue weighted by molar-refractivity contribution is 0.381. The molecule has 0 atom stereocenters. The summed E-state index contributed by atoms with van der Waals surface area (Å²) < 4.78 is 76.1. The number of nitrogens with zero attached hydrogens (tertiary/aromatic N) is 1. The van der Waals surface area contributed by atoms with Gasteiger partial charge in [-0.15, -0.1) is 0 Å². The zero-order valence-electron chi connectivity index (χ0n) is 12.5. The SMILES string of the molecule is COc1ccc(/C=N\Nc2c(F)c(F)c(F)c(F)c2F)c(OC)c1. The maximum atomic E-state index is 13.5. The maximum absolute atomic E-state index is 13.5. The first-order chi connectivity index (χ1) is 11.4. The van der Waals surface area contributed by atoms with Crippen LogP contribution in [0.25, 0.3) is 0 Å². The van der Waals surface area contributed by atoms with Crippen LogP contribution in [0.3, 0.4) is 0 Å². The lowest BCUT2D eigenvalue weighted by Crippen LogP contribution is -2.06. The third kappa shape index (κ3) is 3.24. The Morgan fingerprint density at radius 2 is 1.46 bits per heavy atom. The molecular weight excluding hydrogens is 335 g/mol. The predicted octanol–water partition coefficient (Wildman–Crippen LogP) is 3.85. The Kier molecular flexibility index (Phi) is 5.22. The Hall–Kier alpha value is -2.84. The molecule has 128 valence electrons. The molecule has 2 aromatic carbocycles. The minimum absolute atomic E-state index is 0.331. The molecule has 0 aliphatic carbocycles. The van der Waals surface area contributed by atoms with Gasteiger partial charge >= 0.3 is 0 Å². The van der Waals surface area contributed by atoms with Gasteiger partial charge in [0.15, 0.2) is 23.3 Å². The molecule has 2 rings (SSSR count). The van der Waals surface area contributed by atoms with Crippen LogP contribution in [0.5, 0.6) is 11.5 Å². The minimum atomic E-state index is -2.24. The fraction of sp³-hybridized carbons (Fsp3) is 0.133. The number of anilines is 1. The van der Waals surface area contributed by atoms with Crippen LogP contribution in [-0.4, -0.2) is 20.4 Å². The Bertz CT molecular complexity index is 767. The van der Waals surface area contributed by atoms with Crippen LogP contribution in [-0.2, 0) is 0 Å². The first kappa shape index (κ1) is 17.5. The second-order valence-corrected chi connectivity index (χ2v) is 4.42. The van der Waals surface area contributed by atoms with E-state index in [1.165, 1.54) is 26.4 Å². The van der Waals surface area contributed by atoms with Crippen molar-refractivity contribution < 1.29 is 31.4 Å². The number of benzene rings is 2. The smallest absolute Gasteiger partial charge is 0.200 e. The summed E-state index contributed by atoms with van der Waals surface area (Å²) in [4.78, 5) is 0. The molecule has 0 aliphatic heterocycles. The topological polar surface area (TPSA) is 42.8 Å². The molecule has 0 saturated carbocycles. The van der Waals surface area contributed by atoms with Crippen molar-refractivity contribution in [1.82, 2.24) is 0 Å². The first-order valence-electron chi connectivity index (χ1n) is 6.43. The van der Waals surface area contributed by atoms with E-state index < -0.39 is 34.8 Å². The van der Waals surface area contributed by atoms with Crippen LogP contribution in [0.1, 0.15) is 5.56 Å². The van der Waals surface area contributed by atoms with Crippen molar-refractivity contribution in [2.75, 3.05) is 19.6 Å². The van der Waals surface area contributed by atoms with Gasteiger partial charge in [0.2, 0.25) is 5.82 Å². The molecule has 0 heterocycles. The maximum Gasteiger partial charge on any atom is 0.200 e. The van der Waals surface area contributed by atoms with Crippen molar-refractivity contribution in [2.24, 2.45) is 5.10 Å². The summed E-state index contributed by atoms with van der Waals surface area (Å²) in [6, 6.07) is 4.63. The summed E-state index contributed by atoms with van der Waals surface area (Å²) in [7, 11) is 2.83. The van der Waals surface area contributed by atoms with E-state index in [2.05, 4.69) is 5.10 Å². The standard InChI is InChI=1S/C15H11F5N2O2/c1-23-8-4-3-7(9(5-8)24-2)6-21-22-15-13(19)11(17)10(16)12(18)14(15)20/h3-6,22H,1-2H3/b21-6-. The first-order valence-corrected chi connectivity index (χ1v) is 6.43. The molecule has 0 amide bonds. The quantitative estimate of drug-likeness (QED) is 0.294. The predicted molar refractivity (Wildman–Crippen MR) is 77.0 cm³/mol. The number of halogens is 5. The Morgan fingerprint density at radius 3 is 2.00 bits per heavy atom. The van der Waals surface area contributed by atoms with E-state index in [1.54, 1.807) is 11.5 Å². The highest BCUT2D eigenvalue weighted by Crippen LogP contribution is 2.27. The van der Waals surface area contributed by atoms with Gasteiger partial charge in [0, 0.05) is 11.6 Å². The van der Waals surface area contributed by atoms with E-state index in [0.29, 0.717) is 17.1 Å². The largest absolute Gasteiger partial charge is 0.497 e. The molecule has 0 aromatic heterocycles. The van der Waals surface area contributed by atoms with Gasteiger partial charge in [0.1, 0.15) is 17.2 Å². The Balaban J connectivity index is 2.30. The average Bonchev–Trinajstić information content (AvgIpc) is 2.61. The molecule has 0 unspecified atom stereocenters. The van der Waals surface area contributed by atoms with E-state index >= 15 is 0 Å². The van der Waals surface area contributed by atoms with Crippen molar-refractivity contribution >= 4 is 11.9 Å². The summed E-state index contributed by atoms with van der Waals surface area (Å²) in [6.07, 6.45) is 1.09. The number of methoxy groups -OCH3 is 2. The number of ether oxygens (including phenoxy) is 2. The van der Waals surface area contributed by atoms with Crippen LogP contribution in [0, 0.1) is 29.1 Å². The number of hydrogen-bond donors (Lipinski definition) is 1. The molecule has 9 heteroatoms. The summed E-state index contributed by atoms with van der Waals surface area (Å²) in [5, 5.41) is 3.48. The normalized spacial score (nSPS) is 11.0. The summed E-state index contributed by atoms with van der Waals surface area (Å²) in [5.41, 5.74) is 0.934. The molecular formula is C15H11F5N2O2. The van der Waals surface area contributed by atoms with Crippen LogP contribution in [0.2, 0.25) is 0 Å². The zero-order valence-corrected chi connectivity index (χ0v) is 12.5. The summed E-state index contributed by atoms with van der Waals surface area (Å²) in [6.45, 7) is 0. The van der Waals surface area contributed by atoms with Gasteiger partial charge in [-0.2, -0.15) is 5.10 Å². The highest BCUT2D eigenvalue weighted by molar-refractivity contribution is 5.84. The van der Waals surface area contributed by atoms with Crippen molar-refractivity contribution in [3.63, 3.8) is 0 Å². The number of hydrazone groups is 1. The zero-order chi connectivity index (χ0) is 17.9. The van der Waals surface area contributed by atoms with Gasteiger partial charge < -0.3 is 9.47 Å². The van der Waals surface area contributed by atoms with Gasteiger partial charge in [-0.3, -0.25) is 5.43 Å². The van der Waals surface area contributed by atoms with Crippen LogP contribution >= 0.6 is 0 Å². The second kappa shape index (κ2) is 7.16. The van der Waals surface area contributed by atoms with Crippen molar-refractivity contribution in [2.45, 2.75) is 0 Å². The molecule has 0 radical (unpaired) electrons. The second-order valence-electron chi connectivity index (χ2n) is 4.42. The van der Waals surface area contributed by atoms with Gasteiger partial charge in [0.05, 0.1) is 20.4 Å². The lowest BCUT2D eigenvalue weighted by Gasteiger charge is -2.08. The van der Waals surface area contributed by atoms with Crippen molar-refractivity contribution in [1.29, 1.82) is 0 Å². The third-order valence-electron chi connectivity index (χ3n) is 3.03. The van der Waals surface area contributed by atoms with E-state index in [9.17, 15) is 22.0 Å². The molecule has 24 heavy (non-hydrogen) atoms. The van der Waals surface area contributed by atoms with Crippen LogP contribution < -0.4 is 14.9 Å². The Morgan fingerprint density at radius 1 is 0.875 bits per heavy atom. The average molecular weight is 346 g/mol. The van der Waals surface area contributed by atoms with Crippen molar-refractivity contribution in [3.8, 4) is 11.5 Å². The Labute approximate surface area is 133 Å². The third-order valence-corrected chi connectivity index (χ3v) is 3.03. The highest BCUT2D eigenvalue weighted by atomic mass is 19.2. The van der Waals surface area contributed by atoms with Crippen LogP contribution in [0.4, 0.5) is 27.6 Å². The van der Waals surface area contributed by atoms with Gasteiger partial charge in [0.25, 0.3) is 0 Å².